The molecule has 0 fully saturated rings. The van der Waals surface area contributed by atoms with Gasteiger partial charge in [-0.25, -0.2) is 4.21 Å². The van der Waals surface area contributed by atoms with Crippen LogP contribution in [0.5, 0.6) is 0 Å². The molecule has 2 aliphatic heterocycles. The largest absolute Gasteiger partial charge is 0.338 e. The summed E-state index contributed by atoms with van der Waals surface area (Å²) in [6, 6.07) is 13.3. The molecule has 6 nitrogen and oxygen atoms in total. The van der Waals surface area contributed by atoms with Crippen LogP contribution in [0.15, 0.2) is 47.4 Å². The van der Waals surface area contributed by atoms with Gasteiger partial charge in [-0.2, -0.15) is 0 Å². The van der Waals surface area contributed by atoms with Crippen LogP contribution in [0.1, 0.15) is 40.2 Å². The summed E-state index contributed by atoms with van der Waals surface area (Å²) in [5, 5.41) is 2.92. The molecule has 1 N–H and O–H groups in total. The highest BCUT2D eigenvalue weighted by Crippen LogP contribution is 2.35. The van der Waals surface area contributed by atoms with E-state index in [1.54, 1.807) is 16.7 Å². The summed E-state index contributed by atoms with van der Waals surface area (Å²) in [5.74, 6) is -0.0103. The number of nitrogens with zero attached hydrogens (tertiary/aromatic N) is 2. The van der Waals surface area contributed by atoms with Crippen molar-refractivity contribution < 1.29 is 15.2 Å². The van der Waals surface area contributed by atoms with Crippen LogP contribution < -0.4 is 9.62 Å². The van der Waals surface area contributed by atoms with Gasteiger partial charge in [0.1, 0.15) is 9.71 Å². The number of nitrogens with one attached hydrogen (secondary N) is 1. The summed E-state index contributed by atoms with van der Waals surface area (Å²) >= 11 is 0. The highest BCUT2D eigenvalue weighted by Gasteiger charge is 2.34. The molecule has 30 heavy (non-hydrogen) atoms. The molecule has 2 amide bonds. The second kappa shape index (κ2) is 7.16. The van der Waals surface area contributed by atoms with Crippen molar-refractivity contribution in [2.45, 2.75) is 45.6 Å². The SMILES string of the molecule is CC(=O)N1CCc2ccc(S3(=O)=CN3c3cccc(NC(=O)C(C)(C)C)c3)cc2C1.[HH]. The summed E-state index contributed by atoms with van der Waals surface area (Å²) in [7, 11) is -2.45. The molecule has 1 atom stereocenters. The molecule has 4 rings (SSSR count). The predicted molar refractivity (Wildman–Crippen MR) is 123 cm³/mol. The number of benzene rings is 2. The summed E-state index contributed by atoms with van der Waals surface area (Å²) < 4.78 is 15.3. The van der Waals surface area contributed by atoms with Crippen molar-refractivity contribution in [1.82, 2.24) is 4.90 Å². The highest BCUT2D eigenvalue weighted by atomic mass is 32.2. The van der Waals surface area contributed by atoms with Crippen LogP contribution in [0.4, 0.5) is 11.4 Å². The maximum Gasteiger partial charge on any atom is 0.229 e. The van der Waals surface area contributed by atoms with Gasteiger partial charge in [0.05, 0.1) is 16.1 Å². The minimum atomic E-state index is -2.45. The third-order valence-electron chi connectivity index (χ3n) is 5.50. The quantitative estimate of drug-likeness (QED) is 0.760. The number of hydrogen-bond donors (Lipinski definition) is 1. The van der Waals surface area contributed by atoms with Crippen LogP contribution in [0.25, 0.3) is 0 Å². The monoisotopic (exact) mass is 427 g/mol. The van der Waals surface area contributed by atoms with Gasteiger partial charge in [-0.05, 0) is 47.9 Å². The first kappa shape index (κ1) is 20.5. The van der Waals surface area contributed by atoms with Gasteiger partial charge in [-0.15, -0.1) is 0 Å². The van der Waals surface area contributed by atoms with Crippen molar-refractivity contribution in [3.05, 3.63) is 53.6 Å². The minimum absolute atomic E-state index is 0. The number of carbonyl (C=O) groups excluding carboxylic acids is 2. The summed E-state index contributed by atoms with van der Waals surface area (Å²) in [6.45, 7) is 8.45. The molecule has 0 aliphatic carbocycles. The molecule has 2 aliphatic rings. The van der Waals surface area contributed by atoms with E-state index in [0.717, 1.165) is 29.1 Å². The van der Waals surface area contributed by atoms with Crippen molar-refractivity contribution in [3.63, 3.8) is 0 Å². The maximum absolute atomic E-state index is 13.5. The number of amides is 2. The molecule has 0 saturated heterocycles. The van der Waals surface area contributed by atoms with Crippen LogP contribution in [0.3, 0.4) is 0 Å². The van der Waals surface area contributed by atoms with Crippen LogP contribution in [0.2, 0.25) is 0 Å². The molecule has 0 bridgehead atoms. The maximum atomic E-state index is 13.5. The van der Waals surface area contributed by atoms with Gasteiger partial charge in [-0.3, -0.25) is 13.9 Å². The van der Waals surface area contributed by atoms with Crippen LogP contribution >= 0.6 is 0 Å². The lowest BCUT2D eigenvalue weighted by molar-refractivity contribution is -0.129. The molecular weight excluding hydrogens is 398 g/mol. The van der Waals surface area contributed by atoms with E-state index in [1.807, 2.05) is 68.1 Å². The Balaban J connectivity index is 0.00000272. The van der Waals surface area contributed by atoms with E-state index in [-0.39, 0.29) is 13.2 Å². The fourth-order valence-electron chi connectivity index (χ4n) is 3.53. The number of hydrogen-bond acceptors (Lipinski definition) is 3. The van der Waals surface area contributed by atoms with Gasteiger partial charge < -0.3 is 10.2 Å². The van der Waals surface area contributed by atoms with E-state index in [1.165, 1.54) is 5.56 Å². The Morgan fingerprint density at radius 2 is 1.87 bits per heavy atom. The van der Waals surface area contributed by atoms with Gasteiger partial charge in [0.25, 0.3) is 0 Å². The molecule has 0 radical (unpaired) electrons. The Bertz CT molecular complexity index is 1160. The third kappa shape index (κ3) is 3.81. The number of anilines is 2. The topological polar surface area (TPSA) is 69.5 Å². The lowest BCUT2D eigenvalue weighted by Crippen LogP contribution is -2.34. The van der Waals surface area contributed by atoms with Crippen LogP contribution in [-0.4, -0.2) is 33.0 Å². The Kier molecular flexibility index (Phi) is 4.89. The fourth-order valence-corrected chi connectivity index (χ4v) is 5.45. The first-order valence-corrected chi connectivity index (χ1v) is 11.6. The normalized spacial score (nSPS) is 20.3. The smallest absolute Gasteiger partial charge is 0.229 e. The molecule has 0 saturated carbocycles. The van der Waals surface area contributed by atoms with E-state index < -0.39 is 15.1 Å². The van der Waals surface area contributed by atoms with Crippen LogP contribution in [-0.2, 0) is 32.3 Å². The zero-order valence-electron chi connectivity index (χ0n) is 17.8. The molecule has 0 aromatic heterocycles. The van der Waals surface area contributed by atoms with Gasteiger partial charge in [0.15, 0.2) is 0 Å². The van der Waals surface area contributed by atoms with Gasteiger partial charge in [-0.1, -0.05) is 32.9 Å². The Morgan fingerprint density at radius 1 is 1.10 bits per heavy atom. The lowest BCUT2D eigenvalue weighted by Gasteiger charge is -2.28. The zero-order chi connectivity index (χ0) is 21.7. The zero-order valence-corrected chi connectivity index (χ0v) is 18.6. The summed E-state index contributed by atoms with van der Waals surface area (Å²) in [5.41, 5.74) is 4.95. The van der Waals surface area contributed by atoms with E-state index in [0.29, 0.717) is 12.2 Å². The lowest BCUT2D eigenvalue weighted by atomic mass is 9.95. The Hall–Kier alpha value is -2.80. The molecule has 0 spiro atoms. The average molecular weight is 428 g/mol. The Labute approximate surface area is 179 Å². The average Bonchev–Trinajstić information content (AvgIpc) is 3.39. The fraction of sp³-hybridized carbons (Fsp3) is 0.348. The van der Waals surface area contributed by atoms with Crippen LogP contribution in [0, 0.1) is 5.41 Å². The summed E-state index contributed by atoms with van der Waals surface area (Å²) in [4.78, 5) is 26.6. The molecule has 2 aromatic carbocycles. The first-order valence-electron chi connectivity index (χ1n) is 10.1. The van der Waals surface area contributed by atoms with Crippen molar-refractivity contribution in [1.29, 1.82) is 0 Å². The molecule has 160 valence electrons. The van der Waals surface area contributed by atoms with Crippen molar-refractivity contribution in [2.24, 2.45) is 5.41 Å². The number of fused-ring (bicyclic) bond motifs is 1. The second-order valence-corrected chi connectivity index (χ2v) is 11.1. The Morgan fingerprint density at radius 3 is 2.57 bits per heavy atom. The molecule has 2 heterocycles. The number of carbonyl (C=O) groups is 2. The van der Waals surface area contributed by atoms with Gasteiger partial charge in [0, 0.05) is 32.5 Å². The van der Waals surface area contributed by atoms with Gasteiger partial charge in [0.2, 0.25) is 11.8 Å². The van der Waals surface area contributed by atoms with Crippen molar-refractivity contribution >= 4 is 38.4 Å². The second-order valence-electron chi connectivity index (χ2n) is 8.88. The predicted octanol–water partition coefficient (Wildman–Crippen LogP) is 3.66. The molecular formula is C23H29N3O3S. The third-order valence-corrected chi connectivity index (χ3v) is 7.61. The van der Waals surface area contributed by atoms with E-state index in [4.69, 9.17) is 0 Å². The molecule has 1 unspecified atom stereocenters. The minimum Gasteiger partial charge on any atom is -0.338 e. The van der Waals surface area contributed by atoms with Crippen molar-refractivity contribution in [2.75, 3.05) is 16.2 Å². The molecule has 7 heteroatoms. The van der Waals surface area contributed by atoms with E-state index >= 15 is 0 Å². The first-order chi connectivity index (χ1) is 14.1. The van der Waals surface area contributed by atoms with E-state index in [2.05, 4.69) is 5.32 Å². The molecule has 2 aromatic rings. The van der Waals surface area contributed by atoms with Crippen molar-refractivity contribution in [3.8, 4) is 0 Å². The standard InChI is InChI=1S/C23H27N3O3S.H2/c1-16(27)25-11-10-17-8-9-21(12-18(17)14-25)30(29)15-26(30)20-7-5-6-19(13-20)24-22(28)23(2,3)4;/h5-9,12-13,15H,10-11,14H2,1-4H3,(H,24,28);1H. The summed E-state index contributed by atoms with van der Waals surface area (Å²) in [6.07, 6.45) is 0.819. The number of rotatable bonds is 3. The highest BCUT2D eigenvalue weighted by molar-refractivity contribution is 8.11. The van der Waals surface area contributed by atoms with E-state index in [9.17, 15) is 13.8 Å². The van der Waals surface area contributed by atoms with Gasteiger partial charge >= 0.3 is 0 Å².